The van der Waals surface area contributed by atoms with E-state index in [1.165, 1.54) is 12.8 Å². The van der Waals surface area contributed by atoms with Crippen LogP contribution in [0.2, 0.25) is 0 Å². The summed E-state index contributed by atoms with van der Waals surface area (Å²) in [5, 5.41) is 10.6. The van der Waals surface area contributed by atoms with Crippen molar-refractivity contribution in [2.24, 2.45) is 11.1 Å². The van der Waals surface area contributed by atoms with Gasteiger partial charge in [0.1, 0.15) is 0 Å². The van der Waals surface area contributed by atoms with Gasteiger partial charge in [0.25, 0.3) is 0 Å². The Labute approximate surface area is 108 Å². The minimum Gasteiger partial charge on any atom is -0.550 e. The van der Waals surface area contributed by atoms with Gasteiger partial charge in [0.05, 0.1) is 0 Å². The van der Waals surface area contributed by atoms with Crippen molar-refractivity contribution in [3.8, 4) is 0 Å². The third-order valence-electron chi connectivity index (χ3n) is 3.12. The van der Waals surface area contributed by atoms with Gasteiger partial charge in [-0.05, 0) is 31.2 Å². The quantitative estimate of drug-likeness (QED) is 0.408. The molecule has 76 valence electrons. The first-order chi connectivity index (χ1) is 6.18. The van der Waals surface area contributed by atoms with Gasteiger partial charge in [0.15, 0.2) is 0 Å². The molecule has 1 saturated carbocycles. The molecule has 1 fully saturated rings. The number of rotatable bonds is 3. The standard InChI is InChI=1S/C10H19NO2.Na/c11-8-10(7-9(12)13)5-3-1-2-4-6-10;/h1-8,11H2,(H,12,13);/q;+1/p-1. The van der Waals surface area contributed by atoms with Crippen LogP contribution < -0.4 is 40.4 Å². The fourth-order valence-corrected chi connectivity index (χ4v) is 2.24. The van der Waals surface area contributed by atoms with Crippen molar-refractivity contribution in [2.75, 3.05) is 6.54 Å². The van der Waals surface area contributed by atoms with Gasteiger partial charge in [-0.3, -0.25) is 0 Å². The monoisotopic (exact) mass is 207 g/mol. The molecule has 0 aliphatic heterocycles. The number of carboxylic acid groups (broad SMARTS) is 1. The Morgan fingerprint density at radius 1 is 1.21 bits per heavy atom. The summed E-state index contributed by atoms with van der Waals surface area (Å²) in [6.45, 7) is 0.487. The zero-order valence-electron chi connectivity index (χ0n) is 9.05. The average Bonchev–Trinajstić information content (AvgIpc) is 2.30. The summed E-state index contributed by atoms with van der Waals surface area (Å²) < 4.78 is 0. The molecule has 0 atom stereocenters. The van der Waals surface area contributed by atoms with Gasteiger partial charge in [0, 0.05) is 5.97 Å². The molecule has 2 N–H and O–H groups in total. The second-order valence-corrected chi connectivity index (χ2v) is 4.17. The Hall–Kier alpha value is 0.430. The van der Waals surface area contributed by atoms with Crippen LogP contribution in [0, 0.1) is 5.41 Å². The third kappa shape index (κ3) is 4.30. The van der Waals surface area contributed by atoms with Crippen molar-refractivity contribution in [3.05, 3.63) is 0 Å². The van der Waals surface area contributed by atoms with Gasteiger partial charge in [-0.2, -0.15) is 0 Å². The molecule has 1 aliphatic rings. The number of aliphatic carboxylic acids is 1. The van der Waals surface area contributed by atoms with Gasteiger partial charge in [-0.1, -0.05) is 25.7 Å². The maximum Gasteiger partial charge on any atom is 1.00 e. The van der Waals surface area contributed by atoms with E-state index in [4.69, 9.17) is 5.73 Å². The minimum absolute atomic E-state index is 0. The molecule has 0 amide bonds. The number of hydrogen-bond donors (Lipinski definition) is 1. The Morgan fingerprint density at radius 3 is 2.07 bits per heavy atom. The fourth-order valence-electron chi connectivity index (χ4n) is 2.24. The van der Waals surface area contributed by atoms with Gasteiger partial charge < -0.3 is 15.6 Å². The molecule has 0 heterocycles. The largest absolute Gasteiger partial charge is 1.00 e. The summed E-state index contributed by atoms with van der Waals surface area (Å²) in [7, 11) is 0. The summed E-state index contributed by atoms with van der Waals surface area (Å²) >= 11 is 0. The first-order valence-electron chi connectivity index (χ1n) is 5.08. The number of carbonyl (C=O) groups excluding carboxylic acids is 1. The predicted molar refractivity (Wildman–Crippen MR) is 48.8 cm³/mol. The second kappa shape index (κ2) is 6.83. The summed E-state index contributed by atoms with van der Waals surface area (Å²) in [5.74, 6) is -0.952. The molecule has 0 unspecified atom stereocenters. The summed E-state index contributed by atoms with van der Waals surface area (Å²) in [6, 6.07) is 0. The van der Waals surface area contributed by atoms with Crippen LogP contribution in [0.1, 0.15) is 44.9 Å². The van der Waals surface area contributed by atoms with Crippen LogP contribution in [-0.2, 0) is 4.79 Å². The van der Waals surface area contributed by atoms with Gasteiger partial charge in [0.2, 0.25) is 0 Å². The van der Waals surface area contributed by atoms with E-state index in [1.54, 1.807) is 0 Å². The van der Waals surface area contributed by atoms with E-state index in [0.717, 1.165) is 25.7 Å². The molecular weight excluding hydrogens is 189 g/mol. The zero-order valence-corrected chi connectivity index (χ0v) is 11.1. The smallest absolute Gasteiger partial charge is 0.550 e. The predicted octanol–water partition coefficient (Wildman–Crippen LogP) is -2.57. The first-order valence-corrected chi connectivity index (χ1v) is 5.08. The van der Waals surface area contributed by atoms with Crippen LogP contribution in [0.15, 0.2) is 0 Å². The Kier molecular flexibility index (Phi) is 7.04. The zero-order chi connectivity index (χ0) is 9.73. The Balaban J connectivity index is 0.00000169. The second-order valence-electron chi connectivity index (χ2n) is 4.17. The van der Waals surface area contributed by atoms with E-state index in [-0.39, 0.29) is 41.4 Å². The Morgan fingerprint density at radius 2 is 1.71 bits per heavy atom. The van der Waals surface area contributed by atoms with Crippen molar-refractivity contribution >= 4 is 5.97 Å². The number of hydrogen-bond acceptors (Lipinski definition) is 3. The van der Waals surface area contributed by atoms with E-state index in [1.807, 2.05) is 0 Å². The molecule has 1 rings (SSSR count). The fraction of sp³-hybridized carbons (Fsp3) is 0.900. The van der Waals surface area contributed by atoms with Crippen LogP contribution in [0.3, 0.4) is 0 Å². The molecule has 0 bridgehead atoms. The molecular formula is C10H18NNaO2. The average molecular weight is 207 g/mol. The number of nitrogens with two attached hydrogens (primary N) is 1. The van der Waals surface area contributed by atoms with Gasteiger partial charge in [-0.25, -0.2) is 0 Å². The molecule has 14 heavy (non-hydrogen) atoms. The molecule has 0 aromatic heterocycles. The molecule has 0 saturated heterocycles. The van der Waals surface area contributed by atoms with Crippen LogP contribution in [0.5, 0.6) is 0 Å². The topological polar surface area (TPSA) is 66.2 Å². The van der Waals surface area contributed by atoms with Gasteiger partial charge >= 0.3 is 29.6 Å². The van der Waals surface area contributed by atoms with E-state index in [0.29, 0.717) is 6.54 Å². The van der Waals surface area contributed by atoms with E-state index in [9.17, 15) is 9.90 Å². The van der Waals surface area contributed by atoms with Crippen molar-refractivity contribution < 1.29 is 39.5 Å². The maximum atomic E-state index is 10.6. The minimum atomic E-state index is -0.952. The Bertz CT molecular complexity index is 177. The molecule has 0 radical (unpaired) electrons. The van der Waals surface area contributed by atoms with Crippen molar-refractivity contribution in [2.45, 2.75) is 44.9 Å². The SMILES string of the molecule is NCC1(CC(=O)[O-])CCCCCC1.[Na+]. The van der Waals surface area contributed by atoms with Crippen molar-refractivity contribution in [1.82, 2.24) is 0 Å². The van der Waals surface area contributed by atoms with Crippen LogP contribution in [0.25, 0.3) is 0 Å². The molecule has 0 spiro atoms. The summed E-state index contributed by atoms with van der Waals surface area (Å²) in [4.78, 5) is 10.6. The van der Waals surface area contributed by atoms with Crippen molar-refractivity contribution in [1.29, 1.82) is 0 Å². The van der Waals surface area contributed by atoms with Crippen LogP contribution in [-0.4, -0.2) is 12.5 Å². The van der Waals surface area contributed by atoms with Crippen LogP contribution in [0.4, 0.5) is 0 Å². The van der Waals surface area contributed by atoms with E-state index >= 15 is 0 Å². The summed E-state index contributed by atoms with van der Waals surface area (Å²) in [5.41, 5.74) is 5.51. The molecule has 0 aromatic carbocycles. The van der Waals surface area contributed by atoms with Crippen molar-refractivity contribution in [3.63, 3.8) is 0 Å². The van der Waals surface area contributed by atoms with E-state index < -0.39 is 5.97 Å². The molecule has 1 aliphatic carbocycles. The maximum absolute atomic E-state index is 10.6. The number of carbonyl (C=O) groups is 1. The van der Waals surface area contributed by atoms with E-state index in [2.05, 4.69) is 0 Å². The molecule has 0 aromatic rings. The summed E-state index contributed by atoms with van der Waals surface area (Å²) in [6.07, 6.45) is 6.72. The number of carboxylic acids is 1. The first kappa shape index (κ1) is 14.4. The van der Waals surface area contributed by atoms with Gasteiger partial charge in [-0.15, -0.1) is 0 Å². The molecule has 3 nitrogen and oxygen atoms in total. The van der Waals surface area contributed by atoms with Crippen LogP contribution >= 0.6 is 0 Å². The molecule has 4 heteroatoms. The third-order valence-corrected chi connectivity index (χ3v) is 3.12. The normalized spacial score (nSPS) is 20.6.